The molecule has 2 heterocycles. The SMILES string of the molecule is CCOC(=O)C1=C(C)Nc2ncnc(OC(C)C)c2C1c1ccccc1F. The number of allylic oxidation sites excluding steroid dienone is 1. The van der Waals surface area contributed by atoms with Gasteiger partial charge in [-0.05, 0) is 33.8 Å². The maximum absolute atomic E-state index is 14.7. The smallest absolute Gasteiger partial charge is 0.336 e. The van der Waals surface area contributed by atoms with Crippen molar-refractivity contribution in [2.75, 3.05) is 11.9 Å². The number of ether oxygens (including phenoxy) is 2. The minimum absolute atomic E-state index is 0.150. The Hall–Kier alpha value is -2.96. The van der Waals surface area contributed by atoms with Gasteiger partial charge < -0.3 is 14.8 Å². The van der Waals surface area contributed by atoms with E-state index in [-0.39, 0.29) is 12.7 Å². The quantitative estimate of drug-likeness (QED) is 0.806. The molecule has 7 heteroatoms. The van der Waals surface area contributed by atoms with Gasteiger partial charge in [0.25, 0.3) is 0 Å². The van der Waals surface area contributed by atoms with Crippen molar-refractivity contribution < 1.29 is 18.7 Å². The molecule has 1 atom stereocenters. The first-order chi connectivity index (χ1) is 12.9. The topological polar surface area (TPSA) is 73.3 Å². The lowest BCUT2D eigenvalue weighted by Gasteiger charge is -2.30. The number of esters is 1. The second-order valence-corrected chi connectivity index (χ2v) is 6.45. The van der Waals surface area contributed by atoms with Crippen LogP contribution >= 0.6 is 0 Å². The fourth-order valence-electron chi connectivity index (χ4n) is 3.16. The standard InChI is InChI=1S/C20H22FN3O3/c1-5-26-20(25)15-12(4)24-18-17(19(23-10-22-18)27-11(2)3)16(15)13-8-6-7-9-14(13)21/h6-11,16H,5H2,1-4H3,(H,22,23,24). The van der Waals surface area contributed by atoms with E-state index in [9.17, 15) is 9.18 Å². The molecule has 1 N–H and O–H groups in total. The zero-order valence-electron chi connectivity index (χ0n) is 15.7. The number of benzene rings is 1. The summed E-state index contributed by atoms with van der Waals surface area (Å²) >= 11 is 0. The Morgan fingerprint density at radius 2 is 2.04 bits per heavy atom. The van der Waals surface area contributed by atoms with Crippen molar-refractivity contribution in [1.82, 2.24) is 9.97 Å². The molecule has 0 amide bonds. The van der Waals surface area contributed by atoms with Gasteiger partial charge in [-0.1, -0.05) is 18.2 Å². The van der Waals surface area contributed by atoms with Gasteiger partial charge in [0.05, 0.1) is 29.8 Å². The van der Waals surface area contributed by atoms with Crippen molar-refractivity contribution in [2.45, 2.75) is 39.7 Å². The van der Waals surface area contributed by atoms with Gasteiger partial charge in [0.15, 0.2) is 0 Å². The Balaban J connectivity index is 2.26. The van der Waals surface area contributed by atoms with Gasteiger partial charge in [-0.15, -0.1) is 0 Å². The van der Waals surface area contributed by atoms with Gasteiger partial charge in [-0.25, -0.2) is 19.2 Å². The van der Waals surface area contributed by atoms with E-state index >= 15 is 0 Å². The third kappa shape index (κ3) is 3.63. The van der Waals surface area contributed by atoms with Crippen LogP contribution in [0.2, 0.25) is 0 Å². The molecule has 0 saturated heterocycles. The monoisotopic (exact) mass is 371 g/mol. The average Bonchev–Trinajstić information content (AvgIpc) is 2.61. The lowest BCUT2D eigenvalue weighted by molar-refractivity contribution is -0.138. The summed E-state index contributed by atoms with van der Waals surface area (Å²) in [4.78, 5) is 21.2. The molecule has 0 radical (unpaired) electrons. The van der Waals surface area contributed by atoms with Crippen LogP contribution in [0.4, 0.5) is 10.2 Å². The molecule has 0 bridgehead atoms. The number of fused-ring (bicyclic) bond motifs is 1. The van der Waals surface area contributed by atoms with Crippen LogP contribution in [-0.2, 0) is 9.53 Å². The molecule has 1 aromatic carbocycles. The highest BCUT2D eigenvalue weighted by Gasteiger charge is 2.38. The summed E-state index contributed by atoms with van der Waals surface area (Å²) in [6.45, 7) is 7.43. The maximum atomic E-state index is 14.7. The molecule has 1 unspecified atom stereocenters. The van der Waals surface area contributed by atoms with Gasteiger partial charge in [0.2, 0.25) is 5.88 Å². The Kier molecular flexibility index (Phi) is 5.39. The number of carbonyl (C=O) groups excluding carboxylic acids is 1. The number of rotatable bonds is 5. The van der Waals surface area contributed by atoms with E-state index in [2.05, 4.69) is 15.3 Å². The molecule has 0 spiro atoms. The van der Waals surface area contributed by atoms with Crippen molar-refractivity contribution in [3.63, 3.8) is 0 Å². The third-order valence-corrected chi connectivity index (χ3v) is 4.19. The molecule has 2 aromatic rings. The summed E-state index contributed by atoms with van der Waals surface area (Å²) in [7, 11) is 0. The first-order valence-corrected chi connectivity index (χ1v) is 8.84. The zero-order chi connectivity index (χ0) is 19.6. The van der Waals surface area contributed by atoms with E-state index in [1.807, 2.05) is 13.8 Å². The Morgan fingerprint density at radius 1 is 1.30 bits per heavy atom. The first-order valence-electron chi connectivity index (χ1n) is 8.84. The van der Waals surface area contributed by atoms with Crippen molar-refractivity contribution in [3.8, 4) is 5.88 Å². The Morgan fingerprint density at radius 3 is 2.70 bits per heavy atom. The normalized spacial score (nSPS) is 16.0. The highest BCUT2D eigenvalue weighted by molar-refractivity contribution is 5.94. The van der Waals surface area contributed by atoms with E-state index in [1.54, 1.807) is 32.0 Å². The van der Waals surface area contributed by atoms with Crippen LogP contribution in [0.15, 0.2) is 41.9 Å². The van der Waals surface area contributed by atoms with Gasteiger partial charge in [0.1, 0.15) is 18.0 Å². The van der Waals surface area contributed by atoms with Crippen LogP contribution in [0, 0.1) is 5.82 Å². The minimum atomic E-state index is -0.739. The van der Waals surface area contributed by atoms with E-state index in [0.717, 1.165) is 0 Å². The van der Waals surface area contributed by atoms with Crippen LogP contribution in [0.1, 0.15) is 44.7 Å². The van der Waals surface area contributed by atoms with Crippen LogP contribution in [0.25, 0.3) is 0 Å². The summed E-state index contributed by atoms with van der Waals surface area (Å²) in [6.07, 6.45) is 1.23. The van der Waals surface area contributed by atoms with Gasteiger partial charge in [-0.3, -0.25) is 0 Å². The molecule has 3 rings (SSSR count). The highest BCUT2D eigenvalue weighted by Crippen LogP contribution is 2.45. The number of nitrogens with one attached hydrogen (secondary N) is 1. The number of aromatic nitrogens is 2. The fraction of sp³-hybridized carbons (Fsp3) is 0.350. The minimum Gasteiger partial charge on any atom is -0.475 e. The van der Waals surface area contributed by atoms with Crippen LogP contribution in [0.5, 0.6) is 5.88 Å². The summed E-state index contributed by atoms with van der Waals surface area (Å²) < 4.78 is 25.8. The molecule has 1 aliphatic heterocycles. The van der Waals surface area contributed by atoms with Crippen LogP contribution in [-0.4, -0.2) is 28.6 Å². The number of nitrogens with zero attached hydrogens (tertiary/aromatic N) is 2. The van der Waals surface area contributed by atoms with Gasteiger partial charge in [-0.2, -0.15) is 0 Å². The lowest BCUT2D eigenvalue weighted by Crippen LogP contribution is -2.27. The highest BCUT2D eigenvalue weighted by atomic mass is 19.1. The molecule has 142 valence electrons. The van der Waals surface area contributed by atoms with Gasteiger partial charge >= 0.3 is 5.97 Å². The molecule has 1 aromatic heterocycles. The van der Waals surface area contributed by atoms with Crippen molar-refractivity contribution in [2.24, 2.45) is 0 Å². The van der Waals surface area contributed by atoms with Crippen LogP contribution < -0.4 is 10.1 Å². The lowest BCUT2D eigenvalue weighted by atomic mass is 9.82. The molecule has 27 heavy (non-hydrogen) atoms. The largest absolute Gasteiger partial charge is 0.475 e. The Bertz CT molecular complexity index is 896. The second-order valence-electron chi connectivity index (χ2n) is 6.45. The Labute approximate surface area is 157 Å². The zero-order valence-corrected chi connectivity index (χ0v) is 15.7. The molecule has 1 aliphatic rings. The molecule has 6 nitrogen and oxygen atoms in total. The second kappa shape index (κ2) is 7.73. The summed E-state index contributed by atoms with van der Waals surface area (Å²) in [5.41, 5.74) is 1.73. The fourth-order valence-corrected chi connectivity index (χ4v) is 3.16. The number of carbonyl (C=O) groups is 1. The van der Waals surface area contributed by atoms with E-state index in [4.69, 9.17) is 9.47 Å². The van der Waals surface area contributed by atoms with E-state index < -0.39 is 17.7 Å². The van der Waals surface area contributed by atoms with Crippen molar-refractivity contribution in [1.29, 1.82) is 0 Å². The molecular formula is C20H22FN3O3. The number of anilines is 1. The van der Waals surface area contributed by atoms with E-state index in [1.165, 1.54) is 12.4 Å². The summed E-state index contributed by atoms with van der Waals surface area (Å²) in [5.74, 6) is -0.883. The van der Waals surface area contributed by atoms with Crippen LogP contribution in [0.3, 0.4) is 0 Å². The predicted octanol–water partition coefficient (Wildman–Crippen LogP) is 3.80. The maximum Gasteiger partial charge on any atom is 0.336 e. The van der Waals surface area contributed by atoms with Gasteiger partial charge in [0, 0.05) is 11.3 Å². The number of hydrogen-bond donors (Lipinski definition) is 1. The molecular weight excluding hydrogens is 349 g/mol. The third-order valence-electron chi connectivity index (χ3n) is 4.19. The predicted molar refractivity (Wildman–Crippen MR) is 99.0 cm³/mol. The van der Waals surface area contributed by atoms with Crippen molar-refractivity contribution >= 4 is 11.8 Å². The summed E-state index contributed by atoms with van der Waals surface area (Å²) in [5, 5.41) is 3.11. The average molecular weight is 371 g/mol. The summed E-state index contributed by atoms with van der Waals surface area (Å²) in [6, 6.07) is 6.34. The first kappa shape index (κ1) is 18.8. The number of halogens is 1. The van der Waals surface area contributed by atoms with Crippen molar-refractivity contribution in [3.05, 3.63) is 58.8 Å². The molecule has 0 fully saturated rings. The molecule has 0 aliphatic carbocycles. The molecule has 0 saturated carbocycles. The van der Waals surface area contributed by atoms with E-state index in [0.29, 0.717) is 34.1 Å². The number of hydrogen-bond acceptors (Lipinski definition) is 6.